The SMILES string of the molecule is CC(C)(C)OC(=O)N1C[C@@H]2C[C@H]1CN2c1ccc(-c2ccnc3c(-c4ccc(F)c5[nH]ncc45)c(-c4ccncc4)nn23)cc1. The van der Waals surface area contributed by atoms with Crippen LogP contribution in [0.5, 0.6) is 0 Å². The van der Waals surface area contributed by atoms with E-state index in [-0.39, 0.29) is 24.0 Å². The van der Waals surface area contributed by atoms with Gasteiger partial charge in [0.25, 0.3) is 0 Å². The van der Waals surface area contributed by atoms with Crippen molar-refractivity contribution in [3.8, 4) is 33.6 Å². The lowest BCUT2D eigenvalue weighted by Gasteiger charge is -2.36. The fourth-order valence-corrected chi connectivity index (χ4v) is 6.69. The number of carbonyl (C=O) groups is 1. The van der Waals surface area contributed by atoms with Crippen LogP contribution >= 0.6 is 0 Å². The summed E-state index contributed by atoms with van der Waals surface area (Å²) in [6.07, 6.45) is 7.57. The molecule has 226 valence electrons. The van der Waals surface area contributed by atoms with E-state index in [2.05, 4.69) is 44.3 Å². The maximum Gasteiger partial charge on any atom is 0.410 e. The van der Waals surface area contributed by atoms with Gasteiger partial charge < -0.3 is 14.5 Å². The maximum atomic E-state index is 14.6. The Bertz CT molecular complexity index is 2070. The minimum atomic E-state index is -0.508. The molecular weight excluding hydrogens is 571 g/mol. The Balaban J connectivity index is 1.15. The molecule has 2 aromatic carbocycles. The van der Waals surface area contributed by atoms with Gasteiger partial charge in [0.05, 0.1) is 23.5 Å². The van der Waals surface area contributed by atoms with Gasteiger partial charge >= 0.3 is 6.09 Å². The van der Waals surface area contributed by atoms with E-state index in [1.807, 2.05) is 48.4 Å². The summed E-state index contributed by atoms with van der Waals surface area (Å²) >= 11 is 0. The topological polar surface area (TPSA) is 105 Å². The number of aromatic amines is 1. The molecule has 6 heterocycles. The highest BCUT2D eigenvalue weighted by Crippen LogP contribution is 2.40. The number of benzene rings is 2. The van der Waals surface area contributed by atoms with Crippen LogP contribution in [0.4, 0.5) is 14.9 Å². The van der Waals surface area contributed by atoms with Crippen LogP contribution in [0.25, 0.3) is 50.2 Å². The van der Waals surface area contributed by atoms with E-state index in [4.69, 9.17) is 14.8 Å². The van der Waals surface area contributed by atoms with Crippen LogP contribution < -0.4 is 4.90 Å². The molecule has 0 spiro atoms. The van der Waals surface area contributed by atoms with E-state index in [9.17, 15) is 9.18 Å². The number of aromatic nitrogens is 6. The normalized spacial score (nSPS) is 18.0. The Labute approximate surface area is 258 Å². The van der Waals surface area contributed by atoms with Gasteiger partial charge in [-0.05, 0) is 69.2 Å². The third kappa shape index (κ3) is 4.57. The van der Waals surface area contributed by atoms with Gasteiger partial charge in [-0.3, -0.25) is 10.1 Å². The number of halogens is 1. The van der Waals surface area contributed by atoms with E-state index >= 15 is 0 Å². The molecule has 2 bridgehead atoms. The summed E-state index contributed by atoms with van der Waals surface area (Å²) in [7, 11) is 0. The summed E-state index contributed by atoms with van der Waals surface area (Å²) in [5, 5.41) is 12.6. The van der Waals surface area contributed by atoms with Gasteiger partial charge in [-0.1, -0.05) is 18.2 Å². The number of piperazine rings is 1. The second kappa shape index (κ2) is 10.1. The first kappa shape index (κ1) is 27.2. The number of carbonyl (C=O) groups excluding carboxylic acids is 1. The lowest BCUT2D eigenvalue weighted by atomic mass is 9.98. The predicted octanol–water partition coefficient (Wildman–Crippen LogP) is 6.34. The first-order valence-electron chi connectivity index (χ1n) is 15.0. The zero-order chi connectivity index (χ0) is 30.9. The average Bonchev–Trinajstić information content (AvgIpc) is 3.84. The maximum absolute atomic E-state index is 14.6. The van der Waals surface area contributed by atoms with Gasteiger partial charge in [0.1, 0.15) is 22.6 Å². The number of rotatable bonds is 4. The molecule has 0 aliphatic carbocycles. The van der Waals surface area contributed by atoms with E-state index in [1.165, 1.54) is 6.07 Å². The number of ether oxygens (including phenoxy) is 1. The van der Waals surface area contributed by atoms with Crippen LogP contribution in [-0.2, 0) is 4.74 Å². The first-order chi connectivity index (χ1) is 21.7. The van der Waals surface area contributed by atoms with E-state index in [0.29, 0.717) is 28.8 Å². The molecule has 6 aromatic rings. The molecule has 2 saturated heterocycles. The number of anilines is 1. The molecule has 1 amide bonds. The summed E-state index contributed by atoms with van der Waals surface area (Å²) in [5.74, 6) is -0.370. The highest BCUT2D eigenvalue weighted by Gasteiger charge is 2.46. The number of likely N-dealkylation sites (tertiary alicyclic amines) is 1. The van der Waals surface area contributed by atoms with Gasteiger partial charge in [0.15, 0.2) is 5.65 Å². The van der Waals surface area contributed by atoms with Crippen LogP contribution in [0.15, 0.2) is 79.4 Å². The number of pyridine rings is 1. The fourth-order valence-electron chi connectivity index (χ4n) is 6.69. The Hall–Kier alpha value is -5.32. The summed E-state index contributed by atoms with van der Waals surface area (Å²) in [5.41, 5.74) is 6.61. The molecule has 2 aliphatic heterocycles. The minimum absolute atomic E-state index is 0.145. The minimum Gasteiger partial charge on any atom is -0.444 e. The van der Waals surface area contributed by atoms with Gasteiger partial charge in [-0.25, -0.2) is 18.7 Å². The molecular formula is C34H31FN8O2. The number of nitrogens with one attached hydrogen (secondary N) is 1. The predicted molar refractivity (Wildman–Crippen MR) is 169 cm³/mol. The molecule has 10 nitrogen and oxygen atoms in total. The summed E-state index contributed by atoms with van der Waals surface area (Å²) in [6.45, 7) is 7.13. The number of nitrogens with zero attached hydrogens (tertiary/aromatic N) is 7. The van der Waals surface area contributed by atoms with Crippen molar-refractivity contribution in [1.29, 1.82) is 0 Å². The van der Waals surface area contributed by atoms with Gasteiger partial charge in [0, 0.05) is 59.9 Å². The van der Waals surface area contributed by atoms with Crippen LogP contribution in [0.3, 0.4) is 0 Å². The molecule has 2 atom stereocenters. The molecule has 0 radical (unpaired) electrons. The van der Waals surface area contributed by atoms with Crippen molar-refractivity contribution in [3.63, 3.8) is 0 Å². The van der Waals surface area contributed by atoms with Gasteiger partial charge in [-0.15, -0.1) is 0 Å². The van der Waals surface area contributed by atoms with Crippen LogP contribution in [0, 0.1) is 5.82 Å². The van der Waals surface area contributed by atoms with Crippen molar-refractivity contribution in [2.24, 2.45) is 0 Å². The molecule has 45 heavy (non-hydrogen) atoms. The molecule has 11 heteroatoms. The Kier molecular flexibility index (Phi) is 6.12. The number of hydrogen-bond donors (Lipinski definition) is 1. The molecule has 8 rings (SSSR count). The number of fused-ring (bicyclic) bond motifs is 4. The van der Waals surface area contributed by atoms with Crippen LogP contribution in [0.2, 0.25) is 0 Å². The van der Waals surface area contributed by atoms with Gasteiger partial charge in [-0.2, -0.15) is 10.2 Å². The summed E-state index contributed by atoms with van der Waals surface area (Å²) in [4.78, 5) is 25.9. The largest absolute Gasteiger partial charge is 0.444 e. The van der Waals surface area contributed by atoms with Crippen molar-refractivity contribution < 1.29 is 13.9 Å². The number of H-pyrrole nitrogens is 1. The molecule has 2 aliphatic rings. The first-order valence-corrected chi connectivity index (χ1v) is 15.0. The van der Waals surface area contributed by atoms with Gasteiger partial charge in [0.2, 0.25) is 0 Å². The van der Waals surface area contributed by atoms with Crippen molar-refractivity contribution in [2.45, 2.75) is 44.9 Å². The summed E-state index contributed by atoms with van der Waals surface area (Å²) < 4.78 is 22.1. The molecule has 0 unspecified atom stereocenters. The third-order valence-electron chi connectivity index (χ3n) is 8.67. The van der Waals surface area contributed by atoms with Crippen molar-refractivity contribution in [2.75, 3.05) is 18.0 Å². The van der Waals surface area contributed by atoms with Crippen LogP contribution in [-0.4, -0.2) is 71.5 Å². The number of hydrogen-bond acceptors (Lipinski definition) is 7. The summed E-state index contributed by atoms with van der Waals surface area (Å²) in [6, 6.07) is 17.8. The highest BCUT2D eigenvalue weighted by molar-refractivity contribution is 6.03. The highest BCUT2D eigenvalue weighted by atomic mass is 19.1. The second-order valence-corrected chi connectivity index (χ2v) is 12.7. The second-order valence-electron chi connectivity index (χ2n) is 12.7. The van der Waals surface area contributed by atoms with E-state index < -0.39 is 5.60 Å². The monoisotopic (exact) mass is 602 g/mol. The Morgan fingerprint density at radius 3 is 2.49 bits per heavy atom. The number of amides is 1. The quantitative estimate of drug-likeness (QED) is 0.251. The standard InChI is InChI=1S/C34H31FN8O2/c1-34(2,3)45-33(44)42-19-23-16-24(42)18-41(23)22-6-4-20(5-7-22)28-12-15-37-32-29(25-8-9-27(35)31-26(25)17-38-39-31)30(40-43(28)32)21-10-13-36-14-11-21/h4-15,17,23-24H,16,18-19H2,1-3H3,(H,38,39)/t23-,24-/m0/s1. The van der Waals surface area contributed by atoms with Crippen molar-refractivity contribution in [1.82, 2.24) is 34.7 Å². The Morgan fingerprint density at radius 2 is 1.76 bits per heavy atom. The molecule has 4 aromatic heterocycles. The zero-order valence-corrected chi connectivity index (χ0v) is 25.1. The zero-order valence-electron chi connectivity index (χ0n) is 25.1. The molecule has 1 N–H and O–H groups in total. The van der Waals surface area contributed by atoms with Crippen molar-refractivity contribution in [3.05, 3.63) is 85.2 Å². The lowest BCUT2D eigenvalue weighted by molar-refractivity contribution is 0.0214. The lowest BCUT2D eigenvalue weighted by Crippen LogP contribution is -2.50. The van der Waals surface area contributed by atoms with E-state index in [0.717, 1.165) is 46.6 Å². The smallest absolute Gasteiger partial charge is 0.410 e. The fraction of sp³-hybridized carbons (Fsp3) is 0.265. The van der Waals surface area contributed by atoms with Crippen molar-refractivity contribution >= 4 is 28.3 Å². The third-order valence-corrected chi connectivity index (χ3v) is 8.67. The molecule has 0 saturated carbocycles. The Morgan fingerprint density at radius 1 is 0.956 bits per heavy atom. The van der Waals surface area contributed by atoms with Crippen LogP contribution in [0.1, 0.15) is 27.2 Å². The van der Waals surface area contributed by atoms with E-state index in [1.54, 1.807) is 30.9 Å². The molecule has 2 fully saturated rings. The average molecular weight is 603 g/mol.